The highest BCUT2D eigenvalue weighted by Gasteiger charge is 2.22. The number of aromatic nitrogens is 2. The first-order chi connectivity index (χ1) is 7.54. The normalized spacial score (nSPS) is 12.1. The molecular weight excluding hydrogens is 218 g/mol. The average Bonchev–Trinajstić information content (AvgIpc) is 2.64. The van der Waals surface area contributed by atoms with Gasteiger partial charge in [-0.05, 0) is 0 Å². The zero-order valence-corrected chi connectivity index (χ0v) is 8.51. The Labute approximate surface area is 90.3 Å². The molecule has 0 fully saturated rings. The number of hydrogen-bond acceptors (Lipinski definition) is 6. The van der Waals surface area contributed by atoms with Gasteiger partial charge in [-0.25, -0.2) is 4.79 Å². The second-order valence-corrected chi connectivity index (χ2v) is 3.01. The molecule has 0 aromatic carbocycles. The van der Waals surface area contributed by atoms with Crippen molar-refractivity contribution in [2.24, 2.45) is 0 Å². The summed E-state index contributed by atoms with van der Waals surface area (Å²) in [7, 11) is 0. The van der Waals surface area contributed by atoms with Gasteiger partial charge in [0.05, 0.1) is 0 Å². The van der Waals surface area contributed by atoms with Crippen LogP contribution in [0.4, 0.5) is 0 Å². The van der Waals surface area contributed by atoms with E-state index in [9.17, 15) is 9.59 Å². The Kier molecular flexibility index (Phi) is 3.95. The van der Waals surface area contributed by atoms with Gasteiger partial charge in [-0.15, -0.1) is 0 Å². The quantitative estimate of drug-likeness (QED) is 0.587. The molecule has 1 atom stereocenters. The van der Waals surface area contributed by atoms with Gasteiger partial charge in [0.1, 0.15) is 6.04 Å². The molecule has 0 spiro atoms. The maximum atomic E-state index is 11.4. The minimum Gasteiger partial charge on any atom is -0.480 e. The first-order valence-corrected chi connectivity index (χ1v) is 4.49. The van der Waals surface area contributed by atoms with Crippen LogP contribution in [-0.2, 0) is 4.79 Å². The average molecular weight is 229 g/mol. The predicted molar refractivity (Wildman–Crippen MR) is 49.6 cm³/mol. The molecule has 0 saturated heterocycles. The van der Waals surface area contributed by atoms with Crippen molar-refractivity contribution in [2.75, 3.05) is 6.61 Å². The van der Waals surface area contributed by atoms with Crippen LogP contribution in [0.3, 0.4) is 0 Å². The molecule has 3 N–H and O–H groups in total. The van der Waals surface area contributed by atoms with Crippen LogP contribution in [0.2, 0.25) is 0 Å². The third-order valence-corrected chi connectivity index (χ3v) is 1.75. The van der Waals surface area contributed by atoms with Gasteiger partial charge < -0.3 is 20.1 Å². The Bertz CT molecular complexity index is 389. The molecule has 1 amide bonds. The second kappa shape index (κ2) is 5.21. The van der Waals surface area contributed by atoms with Gasteiger partial charge in [-0.1, -0.05) is 5.16 Å². The van der Waals surface area contributed by atoms with Gasteiger partial charge in [-0.3, -0.25) is 4.79 Å². The standard InChI is InChI=1S/C8H11N3O5/c1-4-9-6(11-16-4)7(13)10-5(2-3-12)8(14)15/h5,12H,2-3H2,1H3,(H,10,13)(H,14,15)/t5-/m1/s1. The van der Waals surface area contributed by atoms with Crippen molar-refractivity contribution in [3.8, 4) is 0 Å². The van der Waals surface area contributed by atoms with E-state index in [1.54, 1.807) is 0 Å². The van der Waals surface area contributed by atoms with Crippen molar-refractivity contribution in [1.82, 2.24) is 15.5 Å². The number of nitrogens with zero attached hydrogens (tertiary/aromatic N) is 2. The topological polar surface area (TPSA) is 126 Å². The van der Waals surface area contributed by atoms with Crippen LogP contribution in [0.1, 0.15) is 22.9 Å². The van der Waals surface area contributed by atoms with Crippen molar-refractivity contribution >= 4 is 11.9 Å². The number of carboxylic acids is 1. The van der Waals surface area contributed by atoms with Crippen LogP contribution >= 0.6 is 0 Å². The molecule has 88 valence electrons. The second-order valence-electron chi connectivity index (χ2n) is 3.01. The Hall–Kier alpha value is -1.96. The largest absolute Gasteiger partial charge is 0.480 e. The summed E-state index contributed by atoms with van der Waals surface area (Å²) >= 11 is 0. The van der Waals surface area contributed by atoms with E-state index in [0.717, 1.165) is 0 Å². The van der Waals surface area contributed by atoms with Gasteiger partial charge in [0.25, 0.3) is 11.7 Å². The highest BCUT2D eigenvalue weighted by Crippen LogP contribution is 1.97. The van der Waals surface area contributed by atoms with Crippen LogP contribution in [0.5, 0.6) is 0 Å². The maximum Gasteiger partial charge on any atom is 0.326 e. The lowest BCUT2D eigenvalue weighted by Gasteiger charge is -2.10. The van der Waals surface area contributed by atoms with Crippen LogP contribution in [0, 0.1) is 6.92 Å². The highest BCUT2D eigenvalue weighted by molar-refractivity contribution is 5.93. The summed E-state index contributed by atoms with van der Waals surface area (Å²) in [6.45, 7) is 1.16. The zero-order valence-electron chi connectivity index (χ0n) is 8.51. The molecule has 0 radical (unpaired) electrons. The fraction of sp³-hybridized carbons (Fsp3) is 0.500. The van der Waals surface area contributed by atoms with Gasteiger partial charge in [0, 0.05) is 20.0 Å². The lowest BCUT2D eigenvalue weighted by Crippen LogP contribution is -2.41. The molecular formula is C8H11N3O5. The van der Waals surface area contributed by atoms with E-state index in [1.807, 2.05) is 0 Å². The molecule has 0 aliphatic rings. The molecule has 0 aliphatic carbocycles. The summed E-state index contributed by atoms with van der Waals surface area (Å²) in [5.74, 6) is -2.01. The van der Waals surface area contributed by atoms with Crippen LogP contribution < -0.4 is 5.32 Å². The lowest BCUT2D eigenvalue weighted by atomic mass is 10.2. The molecule has 1 aromatic rings. The SMILES string of the molecule is Cc1nc(C(=O)N[C@H](CCO)C(=O)O)no1. The predicted octanol–water partition coefficient (Wildman–Crippen LogP) is -1.06. The van der Waals surface area contributed by atoms with Crippen LogP contribution in [0.15, 0.2) is 4.52 Å². The summed E-state index contributed by atoms with van der Waals surface area (Å²) in [4.78, 5) is 25.7. The first kappa shape index (κ1) is 12.1. The number of aryl methyl sites for hydroxylation is 1. The van der Waals surface area contributed by atoms with Crippen LogP contribution in [0.25, 0.3) is 0 Å². The lowest BCUT2D eigenvalue weighted by molar-refractivity contribution is -0.139. The van der Waals surface area contributed by atoms with Gasteiger partial charge in [0.2, 0.25) is 5.89 Å². The molecule has 16 heavy (non-hydrogen) atoms. The third-order valence-electron chi connectivity index (χ3n) is 1.75. The van der Waals surface area contributed by atoms with E-state index in [1.165, 1.54) is 6.92 Å². The highest BCUT2D eigenvalue weighted by atomic mass is 16.5. The number of amides is 1. The number of hydrogen-bond donors (Lipinski definition) is 3. The number of carbonyl (C=O) groups excluding carboxylic acids is 1. The molecule has 1 aromatic heterocycles. The molecule has 0 saturated carbocycles. The van der Waals surface area contributed by atoms with Crippen molar-refractivity contribution in [3.05, 3.63) is 11.7 Å². The molecule has 1 heterocycles. The summed E-state index contributed by atoms with van der Waals surface area (Å²) < 4.78 is 4.57. The van der Waals surface area contributed by atoms with Crippen molar-refractivity contribution < 1.29 is 24.3 Å². The number of nitrogens with one attached hydrogen (secondary N) is 1. The number of aliphatic carboxylic acids is 1. The first-order valence-electron chi connectivity index (χ1n) is 4.49. The van der Waals surface area contributed by atoms with Crippen molar-refractivity contribution in [3.63, 3.8) is 0 Å². The number of carbonyl (C=O) groups is 2. The third kappa shape index (κ3) is 3.02. The Balaban J connectivity index is 2.65. The molecule has 8 nitrogen and oxygen atoms in total. The smallest absolute Gasteiger partial charge is 0.326 e. The van der Waals surface area contributed by atoms with E-state index < -0.39 is 17.9 Å². The van der Waals surface area contributed by atoms with E-state index >= 15 is 0 Å². The van der Waals surface area contributed by atoms with Crippen LogP contribution in [-0.4, -0.2) is 44.9 Å². The van der Waals surface area contributed by atoms with Gasteiger partial charge in [0.15, 0.2) is 0 Å². The van der Waals surface area contributed by atoms with Gasteiger partial charge in [-0.2, -0.15) is 4.98 Å². The minimum atomic E-state index is -1.23. The zero-order chi connectivity index (χ0) is 12.1. The van der Waals surface area contributed by atoms with Crippen molar-refractivity contribution in [2.45, 2.75) is 19.4 Å². The number of aliphatic hydroxyl groups is 1. The van der Waals surface area contributed by atoms with E-state index in [4.69, 9.17) is 10.2 Å². The fourth-order valence-corrected chi connectivity index (χ4v) is 1.00. The minimum absolute atomic E-state index is 0.0854. The summed E-state index contributed by atoms with van der Waals surface area (Å²) in [6, 6.07) is -1.17. The van der Waals surface area contributed by atoms with Gasteiger partial charge >= 0.3 is 5.97 Å². The Morgan fingerprint density at radius 1 is 1.56 bits per heavy atom. The van der Waals surface area contributed by atoms with Crippen molar-refractivity contribution in [1.29, 1.82) is 0 Å². The molecule has 8 heteroatoms. The monoisotopic (exact) mass is 229 g/mol. The molecule has 0 aliphatic heterocycles. The Morgan fingerprint density at radius 2 is 2.25 bits per heavy atom. The number of carboxylic acid groups (broad SMARTS) is 1. The summed E-state index contributed by atoms with van der Waals surface area (Å²) in [6.07, 6.45) is -0.0854. The summed E-state index contributed by atoms with van der Waals surface area (Å²) in [5, 5.41) is 22.8. The van der Waals surface area contributed by atoms with E-state index in [0.29, 0.717) is 0 Å². The number of aliphatic hydroxyl groups excluding tert-OH is 1. The molecule has 0 unspecified atom stereocenters. The Morgan fingerprint density at radius 3 is 2.69 bits per heavy atom. The number of rotatable bonds is 5. The summed E-state index contributed by atoms with van der Waals surface area (Å²) in [5.41, 5.74) is 0. The molecule has 1 rings (SSSR count). The van der Waals surface area contributed by atoms with E-state index in [-0.39, 0.29) is 24.7 Å². The fourth-order valence-electron chi connectivity index (χ4n) is 1.00. The van der Waals surface area contributed by atoms with E-state index in [2.05, 4.69) is 20.0 Å². The molecule has 0 bridgehead atoms. The maximum absolute atomic E-state index is 11.4.